The number of nitrogens with one attached hydrogen (secondary N) is 1. The number of methoxy groups -OCH3 is 1. The highest BCUT2D eigenvalue weighted by Crippen LogP contribution is 1.91. The third-order valence-corrected chi connectivity index (χ3v) is 2.91. The maximum absolute atomic E-state index is 11.0. The zero-order valence-electron chi connectivity index (χ0n) is 7.05. The highest BCUT2D eigenvalue weighted by molar-refractivity contribution is 7.89. The van der Waals surface area contributed by atoms with Crippen LogP contribution in [0, 0.1) is 0 Å². The summed E-state index contributed by atoms with van der Waals surface area (Å²) in [5.41, 5.74) is 0. The lowest BCUT2D eigenvalue weighted by Gasteiger charge is -2.04. The van der Waals surface area contributed by atoms with Gasteiger partial charge in [0.25, 0.3) is 0 Å². The van der Waals surface area contributed by atoms with Gasteiger partial charge in [0.15, 0.2) is 0 Å². The van der Waals surface area contributed by atoms with Crippen molar-refractivity contribution in [3.63, 3.8) is 0 Å². The number of hydrogen-bond acceptors (Lipinski definition) is 3. The summed E-state index contributed by atoms with van der Waals surface area (Å²) in [5, 5.41) is 0. The molecule has 0 aromatic carbocycles. The maximum atomic E-state index is 11.0. The molecule has 4 nitrogen and oxygen atoms in total. The van der Waals surface area contributed by atoms with Gasteiger partial charge in [-0.2, -0.15) is 0 Å². The molecular formula is C6H14ClNO3S. The van der Waals surface area contributed by atoms with Crippen molar-refractivity contribution in [1.82, 2.24) is 4.72 Å². The fourth-order valence-corrected chi connectivity index (χ4v) is 1.97. The van der Waals surface area contributed by atoms with E-state index in [-0.39, 0.29) is 5.75 Å². The molecule has 0 saturated carbocycles. The van der Waals surface area contributed by atoms with Gasteiger partial charge < -0.3 is 4.74 Å². The van der Waals surface area contributed by atoms with E-state index in [9.17, 15) is 8.42 Å². The molecule has 0 amide bonds. The monoisotopic (exact) mass is 215 g/mol. The molecule has 1 N–H and O–H groups in total. The van der Waals surface area contributed by atoms with Crippen LogP contribution in [0.15, 0.2) is 0 Å². The lowest BCUT2D eigenvalue weighted by molar-refractivity contribution is 0.204. The Kier molecular flexibility index (Phi) is 6.74. The van der Waals surface area contributed by atoms with E-state index >= 15 is 0 Å². The largest absolute Gasteiger partial charge is 0.383 e. The fourth-order valence-electron chi connectivity index (χ4n) is 0.616. The SMILES string of the molecule is COCCNS(=O)(=O)CCCCl. The smallest absolute Gasteiger partial charge is 0.211 e. The number of halogens is 1. The molecule has 74 valence electrons. The molecule has 0 aromatic heterocycles. The molecule has 12 heavy (non-hydrogen) atoms. The first-order valence-corrected chi connectivity index (χ1v) is 5.83. The Balaban J connectivity index is 3.58. The Morgan fingerprint density at radius 1 is 1.50 bits per heavy atom. The van der Waals surface area contributed by atoms with Crippen LogP contribution in [-0.2, 0) is 14.8 Å². The predicted octanol–water partition coefficient (Wildman–Crippen LogP) is 0.181. The van der Waals surface area contributed by atoms with Crippen molar-refractivity contribution in [3.8, 4) is 0 Å². The van der Waals surface area contributed by atoms with Crippen LogP contribution < -0.4 is 4.72 Å². The zero-order chi connectivity index (χ0) is 9.45. The molecule has 0 aliphatic heterocycles. The van der Waals surface area contributed by atoms with Gasteiger partial charge in [-0.25, -0.2) is 13.1 Å². The zero-order valence-corrected chi connectivity index (χ0v) is 8.62. The van der Waals surface area contributed by atoms with Crippen molar-refractivity contribution in [2.45, 2.75) is 6.42 Å². The minimum absolute atomic E-state index is 0.0835. The molecule has 0 atom stereocenters. The third kappa shape index (κ3) is 6.84. The molecule has 6 heteroatoms. The predicted molar refractivity (Wildman–Crippen MR) is 49.0 cm³/mol. The number of rotatable bonds is 7. The molecule has 0 aliphatic carbocycles. The molecule has 0 heterocycles. The first-order valence-electron chi connectivity index (χ1n) is 3.64. The molecule has 0 fully saturated rings. The molecule has 0 bridgehead atoms. The van der Waals surface area contributed by atoms with Gasteiger partial charge in [0.05, 0.1) is 12.4 Å². The lowest BCUT2D eigenvalue weighted by atomic mass is 10.6. The van der Waals surface area contributed by atoms with Crippen LogP contribution in [0.5, 0.6) is 0 Å². The van der Waals surface area contributed by atoms with Crippen LogP contribution in [0.1, 0.15) is 6.42 Å². The summed E-state index contributed by atoms with van der Waals surface area (Å²) in [6.07, 6.45) is 0.476. The highest BCUT2D eigenvalue weighted by Gasteiger charge is 2.07. The summed E-state index contributed by atoms with van der Waals surface area (Å²) < 4.78 is 29.1. The van der Waals surface area contributed by atoms with E-state index in [1.807, 2.05) is 0 Å². The number of hydrogen-bond donors (Lipinski definition) is 1. The van der Waals surface area contributed by atoms with E-state index in [1.165, 1.54) is 7.11 Å². The van der Waals surface area contributed by atoms with Gasteiger partial charge >= 0.3 is 0 Å². The summed E-state index contributed by atoms with van der Waals surface area (Å²) in [4.78, 5) is 0. The van der Waals surface area contributed by atoms with Crippen LogP contribution in [-0.4, -0.2) is 40.3 Å². The van der Waals surface area contributed by atoms with Crippen molar-refractivity contribution in [1.29, 1.82) is 0 Å². The minimum Gasteiger partial charge on any atom is -0.383 e. The van der Waals surface area contributed by atoms with E-state index in [0.29, 0.717) is 25.5 Å². The summed E-state index contributed by atoms with van der Waals surface area (Å²) >= 11 is 5.35. The standard InChI is InChI=1S/C6H14ClNO3S/c1-11-5-4-8-12(9,10)6-2-3-7/h8H,2-6H2,1H3. The van der Waals surface area contributed by atoms with Gasteiger partial charge in [0.1, 0.15) is 0 Å². The Morgan fingerprint density at radius 3 is 2.67 bits per heavy atom. The molecule has 0 aromatic rings. The van der Waals surface area contributed by atoms with E-state index in [2.05, 4.69) is 9.46 Å². The van der Waals surface area contributed by atoms with Crippen LogP contribution >= 0.6 is 11.6 Å². The number of ether oxygens (including phenoxy) is 1. The van der Waals surface area contributed by atoms with Crippen molar-refractivity contribution < 1.29 is 13.2 Å². The topological polar surface area (TPSA) is 55.4 Å². The first kappa shape index (κ1) is 12.2. The van der Waals surface area contributed by atoms with Gasteiger partial charge in [-0.1, -0.05) is 0 Å². The highest BCUT2D eigenvalue weighted by atomic mass is 35.5. The average molecular weight is 216 g/mol. The van der Waals surface area contributed by atoms with Crippen LogP contribution in [0.2, 0.25) is 0 Å². The van der Waals surface area contributed by atoms with Crippen LogP contribution in [0.4, 0.5) is 0 Å². The second-order valence-electron chi connectivity index (χ2n) is 2.25. The Hall–Kier alpha value is 0.160. The van der Waals surface area contributed by atoms with Crippen molar-refractivity contribution in [3.05, 3.63) is 0 Å². The summed E-state index contributed by atoms with van der Waals surface area (Å²) in [6.45, 7) is 0.710. The maximum Gasteiger partial charge on any atom is 0.211 e. The fraction of sp³-hybridized carbons (Fsp3) is 1.00. The Morgan fingerprint density at radius 2 is 2.17 bits per heavy atom. The Bertz CT molecular complexity index is 193. The van der Waals surface area contributed by atoms with Gasteiger partial charge in [-0.3, -0.25) is 0 Å². The molecule has 0 unspecified atom stereocenters. The first-order chi connectivity index (χ1) is 5.62. The van der Waals surface area contributed by atoms with Gasteiger partial charge in [0.2, 0.25) is 10.0 Å². The summed E-state index contributed by atoms with van der Waals surface area (Å²) in [6, 6.07) is 0. The second kappa shape index (κ2) is 6.65. The summed E-state index contributed by atoms with van der Waals surface area (Å²) in [5.74, 6) is 0.450. The van der Waals surface area contributed by atoms with E-state index in [1.54, 1.807) is 0 Å². The van der Waals surface area contributed by atoms with Gasteiger partial charge in [0, 0.05) is 19.5 Å². The molecule has 0 rings (SSSR count). The normalized spacial score (nSPS) is 11.8. The van der Waals surface area contributed by atoms with E-state index in [0.717, 1.165) is 0 Å². The van der Waals surface area contributed by atoms with Gasteiger partial charge in [-0.05, 0) is 6.42 Å². The number of alkyl halides is 1. The third-order valence-electron chi connectivity index (χ3n) is 1.17. The molecule has 0 saturated heterocycles. The quantitative estimate of drug-likeness (QED) is 0.487. The van der Waals surface area contributed by atoms with Crippen molar-refractivity contribution in [2.75, 3.05) is 31.9 Å². The van der Waals surface area contributed by atoms with Gasteiger partial charge in [-0.15, -0.1) is 11.6 Å². The average Bonchev–Trinajstić information content (AvgIpc) is 2.01. The molecule has 0 aliphatic rings. The molecule has 0 radical (unpaired) electrons. The van der Waals surface area contributed by atoms with E-state index in [4.69, 9.17) is 11.6 Å². The minimum atomic E-state index is -3.13. The van der Waals surface area contributed by atoms with Crippen LogP contribution in [0.3, 0.4) is 0 Å². The summed E-state index contributed by atoms with van der Waals surface area (Å²) in [7, 11) is -1.61. The Labute approximate surface area is 78.3 Å². The van der Waals surface area contributed by atoms with Crippen molar-refractivity contribution >= 4 is 21.6 Å². The number of sulfonamides is 1. The lowest BCUT2D eigenvalue weighted by Crippen LogP contribution is -2.29. The van der Waals surface area contributed by atoms with Crippen molar-refractivity contribution in [2.24, 2.45) is 0 Å². The molecule has 0 spiro atoms. The van der Waals surface area contributed by atoms with E-state index < -0.39 is 10.0 Å². The second-order valence-corrected chi connectivity index (χ2v) is 4.55. The molecular weight excluding hydrogens is 202 g/mol. The van der Waals surface area contributed by atoms with Crippen LogP contribution in [0.25, 0.3) is 0 Å².